The molecule has 0 aliphatic heterocycles. The fraction of sp³-hybridized carbons (Fsp3) is 0.417. The Kier molecular flexibility index (Phi) is 11.1. The Morgan fingerprint density at radius 1 is 1.41 bits per heavy atom. The van der Waals surface area contributed by atoms with E-state index in [4.69, 9.17) is 32.7 Å². The van der Waals surface area contributed by atoms with E-state index in [1.165, 1.54) is 12.1 Å². The number of rotatable bonds is 7. The molecule has 10 heteroatoms. The van der Waals surface area contributed by atoms with E-state index in [2.05, 4.69) is 4.52 Å². The Bertz CT molecular complexity index is 556. The first-order valence-corrected chi connectivity index (χ1v) is 8.30. The van der Waals surface area contributed by atoms with Crippen molar-refractivity contribution in [1.29, 1.82) is 0 Å². The van der Waals surface area contributed by atoms with Crippen molar-refractivity contribution in [2.45, 2.75) is 19.2 Å². The van der Waals surface area contributed by atoms with Crippen molar-refractivity contribution >= 4 is 36.8 Å². The first-order valence-electron chi connectivity index (χ1n) is 5.94. The Morgan fingerprint density at radius 3 is 2.55 bits per heavy atom. The zero-order valence-corrected chi connectivity index (χ0v) is 17.9. The molecule has 0 fully saturated rings. The standard InChI is InChI=1S/C12H15Cl2O6P.K/c1-3-12(21(16,17)18-2)20-11(15)7-19-10-5-4-8(13)6-9(10)14;/h4-6,12H,3,7H2,1-2H3,(H,16,17);/q;+1/p-1. The Morgan fingerprint density at radius 2 is 2.05 bits per heavy atom. The minimum atomic E-state index is -4.24. The molecular formula is C12H14Cl2KO6P. The molecule has 0 heterocycles. The first-order chi connectivity index (χ1) is 9.80. The van der Waals surface area contributed by atoms with Crippen molar-refractivity contribution in [3.05, 3.63) is 28.2 Å². The van der Waals surface area contributed by atoms with Gasteiger partial charge in [0.2, 0.25) is 0 Å². The van der Waals surface area contributed by atoms with Gasteiger partial charge in [0.05, 0.1) is 5.02 Å². The third-order valence-corrected chi connectivity index (χ3v) is 4.68. The number of halogens is 2. The number of carbonyl (C=O) groups is 1. The van der Waals surface area contributed by atoms with Crippen LogP contribution >= 0.6 is 30.8 Å². The van der Waals surface area contributed by atoms with Gasteiger partial charge < -0.3 is 23.5 Å². The Labute approximate surface area is 181 Å². The van der Waals surface area contributed by atoms with E-state index in [9.17, 15) is 14.3 Å². The van der Waals surface area contributed by atoms with E-state index < -0.39 is 26.0 Å². The van der Waals surface area contributed by atoms with Gasteiger partial charge in [0.15, 0.2) is 20.0 Å². The average Bonchev–Trinajstić information content (AvgIpc) is 2.43. The second-order valence-corrected chi connectivity index (χ2v) is 6.80. The molecule has 1 aromatic rings. The SMILES string of the molecule is CCC(OC(=O)COc1ccc(Cl)cc1Cl)P(=O)([O-])OC.[K+]. The van der Waals surface area contributed by atoms with Gasteiger partial charge in [0.1, 0.15) is 5.75 Å². The molecule has 0 radical (unpaired) electrons. The van der Waals surface area contributed by atoms with Crippen LogP contribution in [0.1, 0.15) is 13.3 Å². The van der Waals surface area contributed by atoms with Crippen LogP contribution in [0.5, 0.6) is 5.75 Å². The predicted octanol–water partition coefficient (Wildman–Crippen LogP) is -0.145. The molecule has 0 bridgehead atoms. The molecule has 0 aliphatic carbocycles. The van der Waals surface area contributed by atoms with Crippen LogP contribution in [0.15, 0.2) is 18.2 Å². The molecule has 2 atom stereocenters. The number of ether oxygens (including phenoxy) is 2. The molecule has 2 unspecified atom stereocenters. The van der Waals surface area contributed by atoms with Crippen LogP contribution in [0.2, 0.25) is 10.0 Å². The number of benzene rings is 1. The van der Waals surface area contributed by atoms with E-state index in [1.807, 2.05) is 0 Å². The molecule has 0 aromatic heterocycles. The summed E-state index contributed by atoms with van der Waals surface area (Å²) in [6, 6.07) is 4.48. The summed E-state index contributed by atoms with van der Waals surface area (Å²) in [6.45, 7) is 1.07. The zero-order chi connectivity index (χ0) is 16.0. The molecule has 0 amide bonds. The number of hydrogen-bond donors (Lipinski definition) is 0. The van der Waals surface area contributed by atoms with Crippen LogP contribution in [0.25, 0.3) is 0 Å². The average molecular weight is 395 g/mol. The maximum absolute atomic E-state index is 11.6. The Balaban J connectivity index is 0.00000441. The Hall–Kier alpha value is 0.856. The van der Waals surface area contributed by atoms with Crippen LogP contribution in [0.4, 0.5) is 0 Å². The van der Waals surface area contributed by atoms with Gasteiger partial charge >= 0.3 is 57.4 Å². The number of carbonyl (C=O) groups excluding carboxylic acids is 1. The quantitative estimate of drug-likeness (QED) is 0.363. The van der Waals surface area contributed by atoms with Crippen molar-refractivity contribution in [3.63, 3.8) is 0 Å². The van der Waals surface area contributed by atoms with Gasteiger partial charge in [-0.05, 0) is 24.6 Å². The third kappa shape index (κ3) is 7.17. The molecule has 6 nitrogen and oxygen atoms in total. The van der Waals surface area contributed by atoms with Crippen molar-refractivity contribution in [2.75, 3.05) is 13.7 Å². The van der Waals surface area contributed by atoms with Gasteiger partial charge in [-0.25, -0.2) is 4.79 Å². The van der Waals surface area contributed by atoms with Crippen LogP contribution in [0.3, 0.4) is 0 Å². The molecule has 0 saturated heterocycles. The first kappa shape index (κ1) is 22.9. The summed E-state index contributed by atoms with van der Waals surface area (Å²) in [5.74, 6) is -1.96. The van der Waals surface area contributed by atoms with Crippen molar-refractivity contribution < 1.29 is 79.6 Å². The van der Waals surface area contributed by atoms with Crippen LogP contribution < -0.4 is 61.0 Å². The molecule has 0 saturated carbocycles. The van der Waals surface area contributed by atoms with Gasteiger partial charge in [-0.15, -0.1) is 0 Å². The van der Waals surface area contributed by atoms with Crippen molar-refractivity contribution in [2.24, 2.45) is 0 Å². The minimum absolute atomic E-state index is 0. The van der Waals surface area contributed by atoms with E-state index in [0.717, 1.165) is 7.11 Å². The topological polar surface area (TPSA) is 84.9 Å². The smallest absolute Gasteiger partial charge is 0.776 e. The normalized spacial score (nSPS) is 14.4. The minimum Gasteiger partial charge on any atom is -0.776 e. The monoisotopic (exact) mass is 394 g/mol. The second kappa shape index (κ2) is 10.7. The predicted molar refractivity (Wildman–Crippen MR) is 76.7 cm³/mol. The molecule has 0 aliphatic rings. The van der Waals surface area contributed by atoms with Gasteiger partial charge in [-0.2, -0.15) is 0 Å². The van der Waals surface area contributed by atoms with Gasteiger partial charge in [-0.3, -0.25) is 0 Å². The van der Waals surface area contributed by atoms with E-state index in [-0.39, 0.29) is 68.6 Å². The summed E-state index contributed by atoms with van der Waals surface area (Å²) in [4.78, 5) is 23.1. The molecule has 118 valence electrons. The van der Waals surface area contributed by atoms with E-state index >= 15 is 0 Å². The van der Waals surface area contributed by atoms with Gasteiger partial charge in [-0.1, -0.05) is 30.1 Å². The van der Waals surface area contributed by atoms with E-state index in [1.54, 1.807) is 13.0 Å². The van der Waals surface area contributed by atoms with Gasteiger partial charge in [0.25, 0.3) is 0 Å². The van der Waals surface area contributed by atoms with Crippen LogP contribution in [0, 0.1) is 0 Å². The molecule has 1 aromatic carbocycles. The molecular weight excluding hydrogens is 381 g/mol. The van der Waals surface area contributed by atoms with Crippen molar-refractivity contribution in [1.82, 2.24) is 0 Å². The van der Waals surface area contributed by atoms with Crippen molar-refractivity contribution in [3.8, 4) is 5.75 Å². The van der Waals surface area contributed by atoms with E-state index in [0.29, 0.717) is 5.02 Å². The van der Waals surface area contributed by atoms with Crippen LogP contribution in [-0.4, -0.2) is 25.5 Å². The fourth-order valence-electron chi connectivity index (χ4n) is 1.40. The third-order valence-electron chi connectivity index (χ3n) is 2.46. The summed E-state index contributed by atoms with van der Waals surface area (Å²) in [5, 5.41) is 0.655. The number of esters is 1. The summed E-state index contributed by atoms with van der Waals surface area (Å²) >= 11 is 11.6. The maximum Gasteiger partial charge on any atom is 1.00 e. The van der Waals surface area contributed by atoms with Gasteiger partial charge in [0, 0.05) is 12.1 Å². The summed E-state index contributed by atoms with van der Waals surface area (Å²) < 4.78 is 25.8. The number of hydrogen-bond acceptors (Lipinski definition) is 6. The molecule has 1 rings (SSSR count). The fourth-order valence-corrected chi connectivity index (χ4v) is 2.80. The summed E-state index contributed by atoms with van der Waals surface area (Å²) in [5.41, 5.74) is 0. The maximum atomic E-state index is 11.6. The second-order valence-electron chi connectivity index (χ2n) is 3.94. The summed E-state index contributed by atoms with van der Waals surface area (Å²) in [7, 11) is -3.23. The van der Waals surface area contributed by atoms with Crippen LogP contribution in [-0.2, 0) is 18.6 Å². The largest absolute Gasteiger partial charge is 1.00 e. The zero-order valence-electron chi connectivity index (χ0n) is 12.4. The molecule has 0 spiro atoms. The molecule has 0 N–H and O–H groups in total. The molecule has 22 heavy (non-hydrogen) atoms. The summed E-state index contributed by atoms with van der Waals surface area (Å²) in [6.07, 6.45) is 0.0715.